The van der Waals surface area contributed by atoms with Crippen LogP contribution < -0.4 is 10.6 Å². The quantitative estimate of drug-likeness (QED) is 0.609. The first-order chi connectivity index (χ1) is 8.17. The van der Waals surface area contributed by atoms with Crippen LogP contribution in [0.25, 0.3) is 0 Å². The van der Waals surface area contributed by atoms with Crippen molar-refractivity contribution in [3.8, 4) is 0 Å². The summed E-state index contributed by atoms with van der Waals surface area (Å²) in [7, 11) is 1.59. The number of hydrogen-bond donors (Lipinski definition) is 3. The van der Waals surface area contributed by atoms with E-state index in [4.69, 9.17) is 9.84 Å². The zero-order valence-corrected chi connectivity index (χ0v) is 10.7. The summed E-state index contributed by atoms with van der Waals surface area (Å²) in [5.74, 6) is 0.609. The molecule has 1 saturated heterocycles. The summed E-state index contributed by atoms with van der Waals surface area (Å²) in [5.41, 5.74) is 0. The number of amides is 1. The molecule has 0 aromatic heterocycles. The van der Waals surface area contributed by atoms with Crippen LogP contribution in [0, 0.1) is 5.92 Å². The van der Waals surface area contributed by atoms with Gasteiger partial charge < -0.3 is 20.5 Å². The van der Waals surface area contributed by atoms with E-state index in [-0.39, 0.29) is 24.6 Å². The average molecular weight is 244 g/mol. The molecule has 1 aliphatic heterocycles. The Morgan fingerprint density at radius 3 is 3.00 bits per heavy atom. The Morgan fingerprint density at radius 1 is 1.65 bits per heavy atom. The summed E-state index contributed by atoms with van der Waals surface area (Å²) >= 11 is 0. The Hall–Kier alpha value is -0.650. The van der Waals surface area contributed by atoms with Gasteiger partial charge in [-0.3, -0.25) is 4.79 Å². The fourth-order valence-corrected chi connectivity index (χ4v) is 2.16. The first kappa shape index (κ1) is 14.4. The van der Waals surface area contributed by atoms with Crippen molar-refractivity contribution in [1.82, 2.24) is 10.6 Å². The molecule has 1 amide bonds. The number of nitrogens with one attached hydrogen (secondary N) is 2. The molecule has 0 spiro atoms. The zero-order valence-electron chi connectivity index (χ0n) is 10.7. The molecule has 17 heavy (non-hydrogen) atoms. The molecular formula is C12H24N2O3. The van der Waals surface area contributed by atoms with E-state index in [1.807, 2.05) is 0 Å². The summed E-state index contributed by atoms with van der Waals surface area (Å²) in [6.45, 7) is 3.56. The molecule has 5 heteroatoms. The maximum absolute atomic E-state index is 12.0. The highest BCUT2D eigenvalue weighted by Gasteiger charge is 2.25. The SMILES string of the molecule is COCC(CCO)NC(=O)C1CC(C)CCN1. The number of methoxy groups -OCH3 is 1. The Balaban J connectivity index is 2.39. The van der Waals surface area contributed by atoms with Crippen LogP contribution in [0.15, 0.2) is 0 Å². The van der Waals surface area contributed by atoms with Gasteiger partial charge in [-0.2, -0.15) is 0 Å². The second-order valence-corrected chi connectivity index (χ2v) is 4.81. The van der Waals surface area contributed by atoms with Crippen LogP contribution >= 0.6 is 0 Å². The summed E-state index contributed by atoms with van der Waals surface area (Å²) in [4.78, 5) is 12.0. The Kier molecular flexibility index (Phi) is 6.47. The van der Waals surface area contributed by atoms with Gasteiger partial charge in [0.1, 0.15) is 0 Å². The molecule has 1 aliphatic rings. The minimum Gasteiger partial charge on any atom is -0.396 e. The second-order valence-electron chi connectivity index (χ2n) is 4.81. The Morgan fingerprint density at radius 2 is 2.41 bits per heavy atom. The van der Waals surface area contributed by atoms with Crippen LogP contribution in [0.4, 0.5) is 0 Å². The number of rotatable bonds is 6. The molecule has 0 saturated carbocycles. The lowest BCUT2D eigenvalue weighted by Crippen LogP contribution is -2.52. The molecule has 0 aromatic carbocycles. The molecule has 1 heterocycles. The van der Waals surface area contributed by atoms with Crippen LogP contribution in [0.5, 0.6) is 0 Å². The lowest BCUT2D eigenvalue weighted by molar-refractivity contribution is -0.125. The lowest BCUT2D eigenvalue weighted by Gasteiger charge is -2.28. The number of carbonyl (C=O) groups is 1. The fourth-order valence-electron chi connectivity index (χ4n) is 2.16. The van der Waals surface area contributed by atoms with Gasteiger partial charge in [0, 0.05) is 13.7 Å². The summed E-state index contributed by atoms with van der Waals surface area (Å²) < 4.78 is 5.02. The Labute approximate surface area is 103 Å². The van der Waals surface area contributed by atoms with Crippen LogP contribution in [-0.2, 0) is 9.53 Å². The van der Waals surface area contributed by atoms with Crippen molar-refractivity contribution in [2.75, 3.05) is 26.9 Å². The molecule has 1 fully saturated rings. The van der Waals surface area contributed by atoms with Crippen molar-refractivity contribution in [2.45, 2.75) is 38.3 Å². The molecule has 3 atom stereocenters. The predicted octanol–water partition coefficient (Wildman–Crippen LogP) is -0.112. The number of piperidine rings is 1. The maximum atomic E-state index is 12.0. The third-order valence-corrected chi connectivity index (χ3v) is 3.17. The van der Waals surface area contributed by atoms with E-state index in [0.29, 0.717) is 18.9 Å². The van der Waals surface area contributed by atoms with Crippen LogP contribution in [0.1, 0.15) is 26.2 Å². The number of carbonyl (C=O) groups excluding carboxylic acids is 1. The molecule has 3 N–H and O–H groups in total. The smallest absolute Gasteiger partial charge is 0.237 e. The largest absolute Gasteiger partial charge is 0.396 e. The monoisotopic (exact) mass is 244 g/mol. The first-order valence-electron chi connectivity index (χ1n) is 6.31. The van der Waals surface area contributed by atoms with E-state index in [1.54, 1.807) is 7.11 Å². The summed E-state index contributed by atoms with van der Waals surface area (Å²) in [6.07, 6.45) is 2.54. The van der Waals surface area contributed by atoms with Crippen molar-refractivity contribution >= 4 is 5.91 Å². The van der Waals surface area contributed by atoms with Crippen molar-refractivity contribution in [1.29, 1.82) is 0 Å². The Bertz CT molecular complexity index is 230. The standard InChI is InChI=1S/C12H24N2O3/c1-9-3-5-13-11(7-9)12(16)14-10(4-6-15)8-17-2/h9-11,13,15H,3-8H2,1-2H3,(H,14,16). The average Bonchev–Trinajstić information content (AvgIpc) is 2.29. The number of aliphatic hydroxyl groups is 1. The molecule has 0 aromatic rings. The van der Waals surface area contributed by atoms with E-state index < -0.39 is 0 Å². The van der Waals surface area contributed by atoms with Crippen molar-refractivity contribution < 1.29 is 14.6 Å². The topological polar surface area (TPSA) is 70.6 Å². The first-order valence-corrected chi connectivity index (χ1v) is 6.31. The van der Waals surface area contributed by atoms with Gasteiger partial charge in [-0.1, -0.05) is 6.92 Å². The normalized spacial score (nSPS) is 26.5. The summed E-state index contributed by atoms with van der Waals surface area (Å²) in [6, 6.07) is -0.201. The van der Waals surface area contributed by atoms with Crippen LogP contribution in [0.3, 0.4) is 0 Å². The van der Waals surface area contributed by atoms with E-state index in [1.165, 1.54) is 0 Å². The third kappa shape index (κ3) is 5.02. The highest BCUT2D eigenvalue weighted by molar-refractivity contribution is 5.82. The number of aliphatic hydroxyl groups excluding tert-OH is 1. The predicted molar refractivity (Wildman–Crippen MR) is 65.7 cm³/mol. The molecule has 0 radical (unpaired) electrons. The molecular weight excluding hydrogens is 220 g/mol. The minimum absolute atomic E-state index is 0.0204. The molecule has 1 rings (SSSR count). The van der Waals surface area contributed by atoms with Crippen LogP contribution in [0.2, 0.25) is 0 Å². The van der Waals surface area contributed by atoms with Crippen molar-refractivity contribution in [3.63, 3.8) is 0 Å². The molecule has 3 unspecified atom stereocenters. The van der Waals surface area contributed by atoms with Crippen molar-refractivity contribution in [3.05, 3.63) is 0 Å². The minimum atomic E-state index is -0.100. The van der Waals surface area contributed by atoms with E-state index in [0.717, 1.165) is 19.4 Å². The van der Waals surface area contributed by atoms with Gasteiger partial charge in [-0.05, 0) is 31.7 Å². The van der Waals surface area contributed by atoms with Crippen molar-refractivity contribution in [2.24, 2.45) is 5.92 Å². The van der Waals surface area contributed by atoms with Gasteiger partial charge in [0.25, 0.3) is 0 Å². The highest BCUT2D eigenvalue weighted by Crippen LogP contribution is 2.15. The molecule has 0 aliphatic carbocycles. The molecule has 100 valence electrons. The van der Waals surface area contributed by atoms with Crippen LogP contribution in [-0.4, -0.2) is 50.0 Å². The van der Waals surface area contributed by atoms with E-state index >= 15 is 0 Å². The van der Waals surface area contributed by atoms with Gasteiger partial charge >= 0.3 is 0 Å². The van der Waals surface area contributed by atoms with Gasteiger partial charge in [0.05, 0.1) is 18.7 Å². The number of hydrogen-bond acceptors (Lipinski definition) is 4. The third-order valence-electron chi connectivity index (χ3n) is 3.17. The maximum Gasteiger partial charge on any atom is 0.237 e. The second kappa shape index (κ2) is 7.63. The lowest BCUT2D eigenvalue weighted by atomic mass is 9.94. The van der Waals surface area contributed by atoms with Gasteiger partial charge in [-0.25, -0.2) is 0 Å². The van der Waals surface area contributed by atoms with Gasteiger partial charge in [0.2, 0.25) is 5.91 Å². The van der Waals surface area contributed by atoms with Gasteiger partial charge in [0.15, 0.2) is 0 Å². The molecule has 5 nitrogen and oxygen atoms in total. The fraction of sp³-hybridized carbons (Fsp3) is 0.917. The number of ether oxygens (including phenoxy) is 1. The van der Waals surface area contributed by atoms with Gasteiger partial charge in [-0.15, -0.1) is 0 Å². The molecule has 0 bridgehead atoms. The summed E-state index contributed by atoms with van der Waals surface area (Å²) in [5, 5.41) is 15.1. The highest BCUT2D eigenvalue weighted by atomic mass is 16.5. The van der Waals surface area contributed by atoms with E-state index in [2.05, 4.69) is 17.6 Å². The zero-order chi connectivity index (χ0) is 12.7. The van der Waals surface area contributed by atoms with E-state index in [9.17, 15) is 4.79 Å².